The molecular formula is C18H15F3N2O2. The molecule has 1 aliphatic rings. The van der Waals surface area contributed by atoms with Gasteiger partial charge in [0, 0.05) is 0 Å². The van der Waals surface area contributed by atoms with E-state index in [1.807, 2.05) is 6.92 Å². The first-order valence-electron chi connectivity index (χ1n) is 7.58. The molecular weight excluding hydrogens is 333 g/mol. The van der Waals surface area contributed by atoms with Crippen LogP contribution in [-0.4, -0.2) is 22.9 Å². The second-order valence-electron chi connectivity index (χ2n) is 5.80. The Labute approximate surface area is 142 Å². The van der Waals surface area contributed by atoms with Gasteiger partial charge in [0.2, 0.25) is 0 Å². The Kier molecular flexibility index (Phi) is 4.34. The number of carbonyl (C=O) groups is 1. The van der Waals surface area contributed by atoms with Crippen LogP contribution in [-0.2, 0) is 4.79 Å². The number of nitrogens with zero attached hydrogens (tertiary/aromatic N) is 2. The van der Waals surface area contributed by atoms with Gasteiger partial charge in [-0.25, -0.2) is 0 Å². The van der Waals surface area contributed by atoms with E-state index in [9.17, 15) is 23.1 Å². The number of aliphatic hydroxyl groups is 1. The van der Waals surface area contributed by atoms with Gasteiger partial charge in [0.25, 0.3) is 5.91 Å². The van der Waals surface area contributed by atoms with Crippen LogP contribution in [0.15, 0.2) is 59.7 Å². The van der Waals surface area contributed by atoms with Gasteiger partial charge >= 0.3 is 6.18 Å². The molecule has 1 heterocycles. The molecule has 130 valence electrons. The minimum absolute atomic E-state index is 0.216. The van der Waals surface area contributed by atoms with Crippen LogP contribution in [0.3, 0.4) is 0 Å². The van der Waals surface area contributed by atoms with Crippen LogP contribution in [0.5, 0.6) is 0 Å². The van der Waals surface area contributed by atoms with Crippen molar-refractivity contribution in [2.45, 2.75) is 19.2 Å². The number of anilines is 1. The molecule has 4 nitrogen and oxygen atoms in total. The van der Waals surface area contributed by atoms with E-state index in [4.69, 9.17) is 0 Å². The van der Waals surface area contributed by atoms with E-state index in [-0.39, 0.29) is 11.3 Å². The van der Waals surface area contributed by atoms with E-state index < -0.39 is 29.8 Å². The van der Waals surface area contributed by atoms with Crippen LogP contribution in [0, 0.1) is 12.8 Å². The van der Waals surface area contributed by atoms with Gasteiger partial charge in [0.05, 0.1) is 11.8 Å². The molecule has 0 bridgehead atoms. The van der Waals surface area contributed by atoms with Gasteiger partial charge in [0.15, 0.2) is 5.71 Å². The summed E-state index contributed by atoms with van der Waals surface area (Å²) in [5.41, 5.74) is 0.0439. The van der Waals surface area contributed by atoms with Gasteiger partial charge < -0.3 is 5.11 Å². The molecule has 1 aliphatic heterocycles. The van der Waals surface area contributed by atoms with Gasteiger partial charge in [-0.1, -0.05) is 48.0 Å². The van der Waals surface area contributed by atoms with Crippen LogP contribution in [0.4, 0.5) is 18.9 Å². The maximum absolute atomic E-state index is 13.4. The van der Waals surface area contributed by atoms with Crippen molar-refractivity contribution in [2.24, 2.45) is 11.0 Å². The lowest BCUT2D eigenvalue weighted by atomic mass is 9.90. The molecule has 0 saturated carbocycles. The van der Waals surface area contributed by atoms with Crippen LogP contribution in [0.2, 0.25) is 0 Å². The predicted octanol–water partition coefficient (Wildman–Crippen LogP) is 3.61. The molecule has 2 aromatic carbocycles. The van der Waals surface area contributed by atoms with E-state index in [1.54, 1.807) is 30.3 Å². The number of hydrogen-bond donors (Lipinski definition) is 1. The first kappa shape index (κ1) is 17.2. The van der Waals surface area contributed by atoms with Crippen molar-refractivity contribution in [3.63, 3.8) is 0 Å². The highest BCUT2D eigenvalue weighted by molar-refractivity contribution is 6.17. The molecule has 0 aliphatic carbocycles. The average molecular weight is 348 g/mol. The van der Waals surface area contributed by atoms with E-state index in [2.05, 4.69) is 5.10 Å². The lowest BCUT2D eigenvalue weighted by molar-refractivity contribution is -0.123. The molecule has 0 radical (unpaired) electrons. The summed E-state index contributed by atoms with van der Waals surface area (Å²) in [5.74, 6) is -2.71. The predicted molar refractivity (Wildman–Crippen MR) is 87.0 cm³/mol. The van der Waals surface area contributed by atoms with Crippen molar-refractivity contribution in [2.75, 3.05) is 5.01 Å². The van der Waals surface area contributed by atoms with Crippen molar-refractivity contribution in [1.29, 1.82) is 0 Å². The highest BCUT2D eigenvalue weighted by Crippen LogP contribution is 2.38. The molecule has 0 spiro atoms. The zero-order valence-electron chi connectivity index (χ0n) is 13.2. The van der Waals surface area contributed by atoms with Gasteiger partial charge in [0.1, 0.15) is 5.92 Å². The molecule has 2 atom stereocenters. The Balaban J connectivity index is 2.01. The molecule has 1 amide bonds. The van der Waals surface area contributed by atoms with Crippen LogP contribution in [0.1, 0.15) is 17.2 Å². The number of amides is 1. The van der Waals surface area contributed by atoms with Gasteiger partial charge in [-0.15, -0.1) is 0 Å². The number of hydrogen-bond acceptors (Lipinski definition) is 3. The minimum Gasteiger partial charge on any atom is -0.387 e. The number of alkyl halides is 3. The summed E-state index contributed by atoms with van der Waals surface area (Å²) in [4.78, 5) is 12.6. The lowest BCUT2D eigenvalue weighted by Crippen LogP contribution is -2.37. The van der Waals surface area contributed by atoms with E-state index in [0.717, 1.165) is 5.56 Å². The highest BCUT2D eigenvalue weighted by atomic mass is 19.4. The molecule has 0 aromatic heterocycles. The lowest BCUT2D eigenvalue weighted by Gasteiger charge is -2.20. The number of hydrazone groups is 1. The van der Waals surface area contributed by atoms with Crippen molar-refractivity contribution >= 4 is 17.3 Å². The second-order valence-corrected chi connectivity index (χ2v) is 5.80. The summed E-state index contributed by atoms with van der Waals surface area (Å²) in [6, 6.07) is 14.2. The molecule has 0 fully saturated rings. The third-order valence-electron chi connectivity index (χ3n) is 4.00. The number of carbonyl (C=O) groups excluding carboxylic acids is 1. The fourth-order valence-corrected chi connectivity index (χ4v) is 2.70. The fraction of sp³-hybridized carbons (Fsp3) is 0.222. The van der Waals surface area contributed by atoms with E-state index in [1.165, 1.54) is 24.3 Å². The zero-order valence-corrected chi connectivity index (χ0v) is 13.2. The number of para-hydroxylation sites is 1. The monoisotopic (exact) mass is 348 g/mol. The summed E-state index contributed by atoms with van der Waals surface area (Å²) in [6.45, 7) is 1.82. The largest absolute Gasteiger partial charge is 0.432 e. The topological polar surface area (TPSA) is 52.9 Å². The van der Waals surface area contributed by atoms with Crippen LogP contribution >= 0.6 is 0 Å². The van der Waals surface area contributed by atoms with Gasteiger partial charge in [-0.3, -0.25) is 4.79 Å². The molecule has 1 N–H and O–H groups in total. The average Bonchev–Trinajstić information content (AvgIpc) is 2.93. The number of halogens is 3. The second kappa shape index (κ2) is 6.33. The first-order chi connectivity index (χ1) is 11.8. The Morgan fingerprint density at radius 3 is 2.24 bits per heavy atom. The fourth-order valence-electron chi connectivity index (χ4n) is 2.70. The Morgan fingerprint density at radius 2 is 1.68 bits per heavy atom. The summed E-state index contributed by atoms with van der Waals surface area (Å²) < 4.78 is 40.2. The van der Waals surface area contributed by atoms with Crippen LogP contribution < -0.4 is 5.01 Å². The first-order valence-corrected chi connectivity index (χ1v) is 7.58. The quantitative estimate of drug-likeness (QED) is 0.921. The third kappa shape index (κ3) is 3.28. The van der Waals surface area contributed by atoms with Crippen LogP contribution in [0.25, 0.3) is 0 Å². The zero-order chi connectivity index (χ0) is 18.2. The molecule has 2 aromatic rings. The molecule has 2 unspecified atom stereocenters. The Bertz CT molecular complexity index is 801. The maximum atomic E-state index is 13.4. The number of aliphatic hydroxyl groups excluding tert-OH is 1. The summed E-state index contributed by atoms with van der Waals surface area (Å²) in [6.07, 6.45) is -6.46. The molecule has 0 saturated heterocycles. The van der Waals surface area contributed by atoms with Gasteiger partial charge in [-0.2, -0.15) is 23.3 Å². The Morgan fingerprint density at radius 1 is 1.08 bits per heavy atom. The minimum atomic E-state index is -4.82. The van der Waals surface area contributed by atoms with E-state index >= 15 is 0 Å². The smallest absolute Gasteiger partial charge is 0.387 e. The number of benzene rings is 2. The summed E-state index contributed by atoms with van der Waals surface area (Å²) in [7, 11) is 0. The van der Waals surface area contributed by atoms with Gasteiger partial charge in [-0.05, 0) is 24.6 Å². The molecule has 7 heteroatoms. The SMILES string of the molecule is Cc1ccc(C(O)C2C(=O)N(c3ccccc3)N=C2C(F)(F)F)cc1. The summed E-state index contributed by atoms with van der Waals surface area (Å²) >= 11 is 0. The molecule has 3 rings (SSSR count). The van der Waals surface area contributed by atoms with Crippen molar-refractivity contribution in [3.05, 3.63) is 65.7 Å². The summed E-state index contributed by atoms with van der Waals surface area (Å²) in [5, 5.41) is 14.6. The standard InChI is InChI=1S/C18H15F3N2O2/c1-11-7-9-12(10-8-11)15(24)14-16(18(19,20)21)22-23(17(14)25)13-5-3-2-4-6-13/h2-10,14-15,24H,1H3. The normalized spacial score (nSPS) is 19.1. The Hall–Kier alpha value is -2.67. The number of rotatable bonds is 3. The van der Waals surface area contributed by atoms with Crippen molar-refractivity contribution < 1.29 is 23.1 Å². The third-order valence-corrected chi connectivity index (χ3v) is 4.00. The van der Waals surface area contributed by atoms with Crippen molar-refractivity contribution in [1.82, 2.24) is 0 Å². The maximum Gasteiger partial charge on any atom is 0.432 e. The number of aryl methyl sites for hydroxylation is 1. The molecule has 25 heavy (non-hydrogen) atoms. The van der Waals surface area contributed by atoms with Crippen molar-refractivity contribution in [3.8, 4) is 0 Å². The highest BCUT2D eigenvalue weighted by Gasteiger charge is 2.53. The van der Waals surface area contributed by atoms with E-state index in [0.29, 0.717) is 5.01 Å².